The highest BCUT2D eigenvalue weighted by atomic mass is 35.5. The van der Waals surface area contributed by atoms with E-state index >= 15 is 0 Å². The molecule has 0 spiro atoms. The zero-order valence-corrected chi connectivity index (χ0v) is 12.9. The summed E-state index contributed by atoms with van der Waals surface area (Å²) in [5.41, 5.74) is 1.82. The van der Waals surface area contributed by atoms with Crippen LogP contribution in [0.25, 0.3) is 5.69 Å². The third-order valence-electron chi connectivity index (χ3n) is 3.30. The standard InChI is InChI=1S/C15H18ClN5/c1-15(2,6-3-7-17)9-19-13-8-12(16)4-5-14(13)21-11-18-10-20-21/h4-5,8,10-11,19H,3,6,9H2,1-2H3. The third kappa shape index (κ3) is 4.20. The van der Waals surface area contributed by atoms with Gasteiger partial charge in [0.25, 0.3) is 0 Å². The number of hydrogen-bond acceptors (Lipinski definition) is 4. The summed E-state index contributed by atoms with van der Waals surface area (Å²) >= 11 is 6.08. The molecule has 0 unspecified atom stereocenters. The maximum Gasteiger partial charge on any atom is 0.138 e. The van der Waals surface area contributed by atoms with Crippen LogP contribution in [0.4, 0.5) is 5.69 Å². The van der Waals surface area contributed by atoms with Crippen molar-refractivity contribution in [3.63, 3.8) is 0 Å². The number of benzene rings is 1. The summed E-state index contributed by atoms with van der Waals surface area (Å²) in [4.78, 5) is 3.97. The first-order valence-electron chi connectivity index (χ1n) is 6.77. The summed E-state index contributed by atoms with van der Waals surface area (Å²) in [5.74, 6) is 0. The van der Waals surface area contributed by atoms with Gasteiger partial charge in [0.2, 0.25) is 0 Å². The molecule has 0 saturated heterocycles. The Balaban J connectivity index is 2.16. The van der Waals surface area contributed by atoms with E-state index in [0.717, 1.165) is 24.3 Å². The number of nitriles is 1. The first-order valence-corrected chi connectivity index (χ1v) is 7.15. The summed E-state index contributed by atoms with van der Waals surface area (Å²) in [6.07, 6.45) is 4.54. The fraction of sp³-hybridized carbons (Fsp3) is 0.400. The van der Waals surface area contributed by atoms with E-state index in [1.807, 2.05) is 18.2 Å². The Kier molecular flexibility index (Phi) is 4.81. The van der Waals surface area contributed by atoms with Crippen LogP contribution in [0.5, 0.6) is 0 Å². The van der Waals surface area contributed by atoms with Gasteiger partial charge in [0.05, 0.1) is 17.4 Å². The second-order valence-corrected chi connectivity index (χ2v) is 6.11. The predicted octanol–water partition coefficient (Wildman–Crippen LogP) is 3.66. The molecular weight excluding hydrogens is 286 g/mol. The number of nitrogens with one attached hydrogen (secondary N) is 1. The molecule has 0 aliphatic carbocycles. The smallest absolute Gasteiger partial charge is 0.138 e. The Hall–Kier alpha value is -2.06. The molecule has 6 heteroatoms. The van der Waals surface area contributed by atoms with Gasteiger partial charge in [-0.25, -0.2) is 9.67 Å². The van der Waals surface area contributed by atoms with Crippen molar-refractivity contribution in [1.29, 1.82) is 5.26 Å². The molecule has 1 aromatic heterocycles. The lowest BCUT2D eigenvalue weighted by atomic mass is 9.88. The van der Waals surface area contributed by atoms with Crippen LogP contribution < -0.4 is 5.32 Å². The molecular formula is C15H18ClN5. The van der Waals surface area contributed by atoms with Crippen molar-refractivity contribution in [2.24, 2.45) is 5.41 Å². The average Bonchev–Trinajstić information content (AvgIpc) is 2.97. The van der Waals surface area contributed by atoms with E-state index in [-0.39, 0.29) is 5.41 Å². The predicted molar refractivity (Wildman–Crippen MR) is 83.5 cm³/mol. The Morgan fingerprint density at radius 1 is 1.43 bits per heavy atom. The summed E-state index contributed by atoms with van der Waals surface area (Å²) in [6.45, 7) is 5.02. The van der Waals surface area contributed by atoms with Crippen LogP contribution in [0, 0.1) is 16.7 Å². The van der Waals surface area contributed by atoms with Gasteiger partial charge in [-0.05, 0) is 30.0 Å². The normalized spacial score (nSPS) is 11.1. The summed E-state index contributed by atoms with van der Waals surface area (Å²) in [7, 11) is 0. The Morgan fingerprint density at radius 3 is 2.90 bits per heavy atom. The molecule has 0 atom stereocenters. The van der Waals surface area contributed by atoms with Gasteiger partial charge >= 0.3 is 0 Å². The second-order valence-electron chi connectivity index (χ2n) is 5.68. The molecule has 0 aliphatic heterocycles. The average molecular weight is 304 g/mol. The molecule has 21 heavy (non-hydrogen) atoms. The minimum atomic E-state index is 0.0255. The van der Waals surface area contributed by atoms with Gasteiger partial charge in [-0.2, -0.15) is 10.4 Å². The number of aromatic nitrogens is 3. The minimum absolute atomic E-state index is 0.0255. The number of nitrogens with zero attached hydrogens (tertiary/aromatic N) is 4. The largest absolute Gasteiger partial charge is 0.383 e. The van der Waals surface area contributed by atoms with E-state index in [1.165, 1.54) is 6.33 Å². The third-order valence-corrected chi connectivity index (χ3v) is 3.53. The summed E-state index contributed by atoms with van der Waals surface area (Å²) in [5, 5.41) is 16.9. The van der Waals surface area contributed by atoms with E-state index in [9.17, 15) is 0 Å². The number of hydrogen-bond donors (Lipinski definition) is 1. The highest BCUT2D eigenvalue weighted by molar-refractivity contribution is 6.31. The molecule has 1 aromatic carbocycles. The lowest BCUT2D eigenvalue weighted by molar-refractivity contribution is 0.364. The van der Waals surface area contributed by atoms with E-state index in [1.54, 1.807) is 11.0 Å². The molecule has 0 saturated carbocycles. The fourth-order valence-electron chi connectivity index (χ4n) is 2.00. The lowest BCUT2D eigenvalue weighted by Gasteiger charge is -2.25. The molecule has 0 amide bonds. The van der Waals surface area contributed by atoms with Crippen LogP contribution >= 0.6 is 11.6 Å². The minimum Gasteiger partial charge on any atom is -0.383 e. The maximum absolute atomic E-state index is 8.71. The molecule has 1 heterocycles. The number of halogens is 1. The van der Waals surface area contributed by atoms with Crippen molar-refractivity contribution in [2.75, 3.05) is 11.9 Å². The molecule has 2 rings (SSSR count). The molecule has 0 bridgehead atoms. The number of rotatable bonds is 6. The van der Waals surface area contributed by atoms with Gasteiger partial charge in [-0.3, -0.25) is 0 Å². The summed E-state index contributed by atoms with van der Waals surface area (Å²) in [6, 6.07) is 7.80. The highest BCUT2D eigenvalue weighted by Gasteiger charge is 2.18. The van der Waals surface area contributed by atoms with E-state index in [4.69, 9.17) is 16.9 Å². The maximum atomic E-state index is 8.71. The second kappa shape index (κ2) is 6.59. The molecule has 110 valence electrons. The SMILES string of the molecule is CC(C)(CCC#N)CNc1cc(Cl)ccc1-n1cncn1. The van der Waals surface area contributed by atoms with Gasteiger partial charge < -0.3 is 5.32 Å². The van der Waals surface area contributed by atoms with Crippen molar-refractivity contribution >= 4 is 17.3 Å². The topological polar surface area (TPSA) is 66.5 Å². The first kappa shape index (κ1) is 15.3. The Labute approximate surface area is 129 Å². The van der Waals surface area contributed by atoms with Crippen molar-refractivity contribution in [3.05, 3.63) is 35.9 Å². The molecule has 2 aromatic rings. The molecule has 1 N–H and O–H groups in total. The van der Waals surface area contributed by atoms with Crippen LogP contribution in [0.15, 0.2) is 30.9 Å². The van der Waals surface area contributed by atoms with Crippen molar-refractivity contribution in [3.8, 4) is 11.8 Å². The molecule has 0 radical (unpaired) electrons. The van der Waals surface area contributed by atoms with Gasteiger partial charge in [-0.1, -0.05) is 25.4 Å². The van der Waals surface area contributed by atoms with Crippen molar-refractivity contribution in [2.45, 2.75) is 26.7 Å². The molecule has 5 nitrogen and oxygen atoms in total. The van der Waals surface area contributed by atoms with E-state index in [0.29, 0.717) is 11.4 Å². The van der Waals surface area contributed by atoms with Crippen molar-refractivity contribution in [1.82, 2.24) is 14.8 Å². The first-order chi connectivity index (χ1) is 10.0. The summed E-state index contributed by atoms with van der Waals surface area (Å²) < 4.78 is 1.70. The van der Waals surface area contributed by atoms with Crippen LogP contribution in [0.3, 0.4) is 0 Å². The van der Waals surface area contributed by atoms with E-state index < -0.39 is 0 Å². The van der Waals surface area contributed by atoms with E-state index in [2.05, 4.69) is 35.3 Å². The highest BCUT2D eigenvalue weighted by Crippen LogP contribution is 2.27. The van der Waals surface area contributed by atoms with Crippen LogP contribution in [0.2, 0.25) is 5.02 Å². The molecule has 0 aliphatic rings. The van der Waals surface area contributed by atoms with Gasteiger partial charge in [0.1, 0.15) is 12.7 Å². The van der Waals surface area contributed by atoms with Crippen LogP contribution in [0.1, 0.15) is 26.7 Å². The monoisotopic (exact) mass is 303 g/mol. The van der Waals surface area contributed by atoms with Crippen LogP contribution in [-0.4, -0.2) is 21.3 Å². The zero-order chi connectivity index (χ0) is 15.3. The molecule has 0 fully saturated rings. The fourth-order valence-corrected chi connectivity index (χ4v) is 2.17. The van der Waals surface area contributed by atoms with Crippen molar-refractivity contribution < 1.29 is 0 Å². The zero-order valence-electron chi connectivity index (χ0n) is 12.2. The Morgan fingerprint density at radius 2 is 2.24 bits per heavy atom. The van der Waals surface area contributed by atoms with Gasteiger partial charge in [-0.15, -0.1) is 0 Å². The quantitative estimate of drug-likeness (QED) is 0.884. The lowest BCUT2D eigenvalue weighted by Crippen LogP contribution is -2.23. The van der Waals surface area contributed by atoms with Gasteiger partial charge in [0.15, 0.2) is 0 Å². The van der Waals surface area contributed by atoms with Crippen LogP contribution in [-0.2, 0) is 0 Å². The number of anilines is 1. The Bertz CT molecular complexity index is 628. The van der Waals surface area contributed by atoms with Gasteiger partial charge in [0, 0.05) is 18.0 Å².